The van der Waals surface area contributed by atoms with Gasteiger partial charge in [-0.2, -0.15) is 0 Å². The van der Waals surface area contributed by atoms with Crippen molar-refractivity contribution in [2.24, 2.45) is 0 Å². The quantitative estimate of drug-likeness (QED) is 0.904. The molecular formula is C14H18N2O4. The number of amides is 1. The van der Waals surface area contributed by atoms with Crippen LogP contribution in [-0.2, 0) is 4.74 Å². The van der Waals surface area contributed by atoms with E-state index >= 15 is 0 Å². The van der Waals surface area contributed by atoms with Gasteiger partial charge in [0, 0.05) is 18.3 Å². The number of rotatable bonds is 3. The number of carbonyl (C=O) groups is 2. The second kappa shape index (κ2) is 6.00. The Kier molecular flexibility index (Phi) is 4.34. The average Bonchev–Trinajstić information content (AvgIpc) is 2.46. The van der Waals surface area contributed by atoms with Crippen LogP contribution in [0.2, 0.25) is 0 Å². The van der Waals surface area contributed by atoms with Gasteiger partial charge in [-0.1, -0.05) is 6.92 Å². The molecule has 0 saturated carbocycles. The molecule has 1 aromatic heterocycles. The van der Waals surface area contributed by atoms with Gasteiger partial charge in [0.25, 0.3) is 5.91 Å². The van der Waals surface area contributed by atoms with Crippen molar-refractivity contribution >= 4 is 11.9 Å². The standard InChI is InChI=1S/C14H18N2O4/c1-3-11-8-20-9(2)7-16(11)13(17)10-4-5-15-12(6-10)14(18)19/h4-6,9,11H,3,7-8H2,1-2H3,(H,18,19). The lowest BCUT2D eigenvalue weighted by molar-refractivity contribution is -0.0444. The van der Waals surface area contributed by atoms with E-state index in [2.05, 4.69) is 4.98 Å². The Labute approximate surface area is 117 Å². The van der Waals surface area contributed by atoms with Crippen molar-refractivity contribution in [3.63, 3.8) is 0 Å². The van der Waals surface area contributed by atoms with Crippen molar-refractivity contribution in [2.75, 3.05) is 13.2 Å². The molecule has 1 aliphatic rings. The molecule has 0 radical (unpaired) electrons. The molecule has 0 bridgehead atoms. The third-order valence-corrected chi connectivity index (χ3v) is 3.43. The molecule has 1 aromatic rings. The maximum Gasteiger partial charge on any atom is 0.354 e. The monoisotopic (exact) mass is 278 g/mol. The zero-order chi connectivity index (χ0) is 14.7. The van der Waals surface area contributed by atoms with Gasteiger partial charge in [-0.05, 0) is 25.5 Å². The number of hydrogen-bond donors (Lipinski definition) is 1. The molecule has 2 heterocycles. The van der Waals surface area contributed by atoms with Crippen LogP contribution in [0.1, 0.15) is 41.1 Å². The molecule has 6 heteroatoms. The van der Waals surface area contributed by atoms with Gasteiger partial charge < -0.3 is 14.7 Å². The first kappa shape index (κ1) is 14.5. The van der Waals surface area contributed by atoms with Crippen molar-refractivity contribution in [1.82, 2.24) is 9.88 Å². The van der Waals surface area contributed by atoms with Gasteiger partial charge in [-0.3, -0.25) is 4.79 Å². The molecule has 1 fully saturated rings. The Morgan fingerprint density at radius 3 is 2.95 bits per heavy atom. The number of pyridine rings is 1. The Morgan fingerprint density at radius 2 is 2.30 bits per heavy atom. The maximum atomic E-state index is 12.5. The van der Waals surface area contributed by atoms with E-state index in [9.17, 15) is 9.59 Å². The van der Waals surface area contributed by atoms with Crippen LogP contribution in [0.4, 0.5) is 0 Å². The molecule has 0 aliphatic carbocycles. The highest BCUT2D eigenvalue weighted by Gasteiger charge is 2.30. The molecule has 2 rings (SSSR count). The van der Waals surface area contributed by atoms with E-state index in [0.29, 0.717) is 18.7 Å². The second-order valence-electron chi connectivity index (χ2n) is 4.90. The van der Waals surface area contributed by atoms with Crippen LogP contribution in [0.3, 0.4) is 0 Å². The number of carbonyl (C=O) groups excluding carboxylic acids is 1. The first-order valence-corrected chi connectivity index (χ1v) is 6.64. The summed E-state index contributed by atoms with van der Waals surface area (Å²) < 4.78 is 5.56. The molecule has 20 heavy (non-hydrogen) atoms. The van der Waals surface area contributed by atoms with E-state index in [1.807, 2.05) is 13.8 Å². The maximum absolute atomic E-state index is 12.5. The number of hydrogen-bond acceptors (Lipinski definition) is 4. The van der Waals surface area contributed by atoms with Gasteiger partial charge in [-0.15, -0.1) is 0 Å². The second-order valence-corrected chi connectivity index (χ2v) is 4.90. The number of carboxylic acid groups (broad SMARTS) is 1. The number of carboxylic acids is 1. The number of nitrogens with zero attached hydrogens (tertiary/aromatic N) is 2. The summed E-state index contributed by atoms with van der Waals surface area (Å²) in [5.74, 6) is -1.31. The van der Waals surface area contributed by atoms with Crippen molar-refractivity contribution in [3.8, 4) is 0 Å². The summed E-state index contributed by atoms with van der Waals surface area (Å²) in [5, 5.41) is 8.93. The van der Waals surface area contributed by atoms with Crippen LogP contribution in [0, 0.1) is 0 Å². The predicted molar refractivity (Wildman–Crippen MR) is 71.7 cm³/mol. The molecular weight excluding hydrogens is 260 g/mol. The minimum atomic E-state index is -1.14. The summed E-state index contributed by atoms with van der Waals surface area (Å²) in [7, 11) is 0. The van der Waals surface area contributed by atoms with Crippen LogP contribution in [0.25, 0.3) is 0 Å². The fourth-order valence-electron chi connectivity index (χ4n) is 2.28. The minimum Gasteiger partial charge on any atom is -0.477 e. The van der Waals surface area contributed by atoms with E-state index in [0.717, 1.165) is 6.42 Å². The zero-order valence-corrected chi connectivity index (χ0v) is 11.6. The third kappa shape index (κ3) is 2.96. The molecule has 108 valence electrons. The molecule has 1 aliphatic heterocycles. The normalized spacial score (nSPS) is 22.6. The van der Waals surface area contributed by atoms with Crippen LogP contribution in [0.15, 0.2) is 18.3 Å². The third-order valence-electron chi connectivity index (χ3n) is 3.43. The highest BCUT2D eigenvalue weighted by atomic mass is 16.5. The molecule has 6 nitrogen and oxygen atoms in total. The lowest BCUT2D eigenvalue weighted by Gasteiger charge is -2.38. The first-order chi connectivity index (χ1) is 9.52. The van der Waals surface area contributed by atoms with Crippen molar-refractivity contribution < 1.29 is 19.4 Å². The summed E-state index contributed by atoms with van der Waals surface area (Å²) in [5.41, 5.74) is 0.232. The highest BCUT2D eigenvalue weighted by molar-refractivity contribution is 5.96. The smallest absolute Gasteiger partial charge is 0.354 e. The summed E-state index contributed by atoms with van der Waals surface area (Å²) in [4.78, 5) is 28.9. The SMILES string of the molecule is CCC1COC(C)CN1C(=O)c1ccnc(C(=O)O)c1. The van der Waals surface area contributed by atoms with E-state index < -0.39 is 5.97 Å². The minimum absolute atomic E-state index is 0.0115. The van der Waals surface area contributed by atoms with Crippen LogP contribution < -0.4 is 0 Å². The molecule has 0 spiro atoms. The molecule has 1 amide bonds. The number of ether oxygens (including phenoxy) is 1. The van der Waals surface area contributed by atoms with Crippen LogP contribution >= 0.6 is 0 Å². The fraction of sp³-hybridized carbons (Fsp3) is 0.500. The number of morpholine rings is 1. The van der Waals surface area contributed by atoms with Crippen molar-refractivity contribution in [3.05, 3.63) is 29.6 Å². The Bertz CT molecular complexity index is 518. The van der Waals surface area contributed by atoms with E-state index in [1.165, 1.54) is 12.3 Å². The fourth-order valence-corrected chi connectivity index (χ4v) is 2.28. The summed E-state index contributed by atoms with van der Waals surface area (Å²) in [6.07, 6.45) is 2.14. The Balaban J connectivity index is 2.24. The molecule has 2 atom stereocenters. The molecule has 2 unspecified atom stereocenters. The summed E-state index contributed by atoms with van der Waals surface area (Å²) in [6, 6.07) is 2.89. The average molecular weight is 278 g/mol. The number of aromatic nitrogens is 1. The van der Waals surface area contributed by atoms with Gasteiger partial charge in [0.1, 0.15) is 5.69 Å². The van der Waals surface area contributed by atoms with E-state index in [-0.39, 0.29) is 23.7 Å². The molecule has 0 aromatic carbocycles. The summed E-state index contributed by atoms with van der Waals surface area (Å²) >= 11 is 0. The summed E-state index contributed by atoms with van der Waals surface area (Å²) in [6.45, 7) is 4.95. The highest BCUT2D eigenvalue weighted by Crippen LogP contribution is 2.18. The largest absolute Gasteiger partial charge is 0.477 e. The number of aromatic carboxylic acids is 1. The van der Waals surface area contributed by atoms with Gasteiger partial charge in [0.2, 0.25) is 0 Å². The van der Waals surface area contributed by atoms with Gasteiger partial charge in [0.15, 0.2) is 0 Å². The lowest BCUT2D eigenvalue weighted by atomic mass is 10.1. The first-order valence-electron chi connectivity index (χ1n) is 6.64. The van der Waals surface area contributed by atoms with Gasteiger partial charge >= 0.3 is 5.97 Å². The Morgan fingerprint density at radius 1 is 1.55 bits per heavy atom. The molecule has 1 N–H and O–H groups in total. The van der Waals surface area contributed by atoms with Gasteiger partial charge in [-0.25, -0.2) is 9.78 Å². The van der Waals surface area contributed by atoms with Crippen molar-refractivity contribution in [2.45, 2.75) is 32.4 Å². The van der Waals surface area contributed by atoms with E-state index in [4.69, 9.17) is 9.84 Å². The van der Waals surface area contributed by atoms with Crippen LogP contribution in [-0.4, -0.2) is 52.2 Å². The lowest BCUT2D eigenvalue weighted by Crippen LogP contribution is -2.51. The Hall–Kier alpha value is -1.95. The predicted octanol–water partition coefficient (Wildman–Crippen LogP) is 1.42. The van der Waals surface area contributed by atoms with Crippen molar-refractivity contribution in [1.29, 1.82) is 0 Å². The topological polar surface area (TPSA) is 79.7 Å². The van der Waals surface area contributed by atoms with Gasteiger partial charge in [0.05, 0.1) is 18.8 Å². The molecule has 1 saturated heterocycles. The van der Waals surface area contributed by atoms with E-state index in [1.54, 1.807) is 11.0 Å². The zero-order valence-electron chi connectivity index (χ0n) is 11.6. The van der Waals surface area contributed by atoms with Crippen LogP contribution in [0.5, 0.6) is 0 Å².